The third kappa shape index (κ3) is 5.87. The van der Waals surface area contributed by atoms with Gasteiger partial charge in [-0.1, -0.05) is 58.4 Å². The monoisotopic (exact) mass is 277 g/mol. The lowest BCUT2D eigenvalue weighted by Crippen LogP contribution is -2.38. The summed E-state index contributed by atoms with van der Waals surface area (Å²) in [6, 6.07) is 8.33. The van der Waals surface area contributed by atoms with Crippen molar-refractivity contribution in [2.45, 2.75) is 65.8 Å². The van der Waals surface area contributed by atoms with Gasteiger partial charge >= 0.3 is 0 Å². The highest BCUT2D eigenvalue weighted by molar-refractivity contribution is 5.81. The predicted molar refractivity (Wildman–Crippen MR) is 88.3 cm³/mol. The van der Waals surface area contributed by atoms with Crippen molar-refractivity contribution in [1.29, 1.82) is 0 Å². The van der Waals surface area contributed by atoms with Gasteiger partial charge in [0.25, 0.3) is 0 Å². The lowest BCUT2D eigenvalue weighted by molar-refractivity contribution is -0.119. The molecule has 1 unspecified atom stereocenters. The minimum atomic E-state index is -0.0652. The van der Waals surface area contributed by atoms with Gasteiger partial charge in [0, 0.05) is 0 Å². The van der Waals surface area contributed by atoms with Gasteiger partial charge in [-0.25, -0.2) is 0 Å². The molecule has 0 spiro atoms. The molecule has 2 nitrogen and oxygen atoms in total. The van der Waals surface area contributed by atoms with E-state index in [0.29, 0.717) is 0 Å². The molecule has 0 bridgehead atoms. The first-order chi connectivity index (χ1) is 9.30. The number of rotatable bonds is 5. The van der Waals surface area contributed by atoms with E-state index in [4.69, 9.17) is 0 Å². The summed E-state index contributed by atoms with van der Waals surface area (Å²) in [5, 5.41) is 3.10. The van der Waals surface area contributed by atoms with E-state index in [2.05, 4.69) is 64.2 Å². The Morgan fingerprint density at radius 1 is 1.25 bits per heavy atom. The van der Waals surface area contributed by atoms with Crippen LogP contribution in [0.2, 0.25) is 0 Å². The van der Waals surface area contributed by atoms with Gasteiger partial charge in [-0.3, -0.25) is 4.79 Å². The fourth-order valence-electron chi connectivity index (χ4n) is 2.40. The lowest BCUT2D eigenvalue weighted by Gasteiger charge is -2.30. The number of aryl methyl sites for hydroxylation is 1. The zero-order chi connectivity index (χ0) is 15.8. The van der Waals surface area contributed by atoms with Crippen LogP contribution in [0.5, 0.6) is 0 Å². The first-order valence-electron chi connectivity index (χ1n) is 7.53. The molecule has 1 aromatic rings. The van der Waals surface area contributed by atoms with Gasteiger partial charge in [-0.05, 0) is 43.9 Å². The summed E-state index contributed by atoms with van der Waals surface area (Å²) in [7, 11) is 1.85. The van der Waals surface area contributed by atoms with Crippen LogP contribution in [0.15, 0.2) is 24.3 Å². The van der Waals surface area contributed by atoms with E-state index in [0.717, 1.165) is 6.42 Å². The van der Waals surface area contributed by atoms with Crippen molar-refractivity contribution in [3.05, 3.63) is 35.4 Å². The second kappa shape index (κ2) is 8.91. The second-order valence-electron chi connectivity index (χ2n) is 6.06. The molecule has 0 saturated carbocycles. The van der Waals surface area contributed by atoms with Crippen molar-refractivity contribution >= 4 is 5.78 Å². The lowest BCUT2D eigenvalue weighted by atomic mass is 9.76. The highest BCUT2D eigenvalue weighted by Gasteiger charge is 2.27. The molecule has 1 N–H and O–H groups in total. The smallest absolute Gasteiger partial charge is 0.146 e. The van der Waals surface area contributed by atoms with Gasteiger partial charge in [-0.2, -0.15) is 0 Å². The molecule has 0 aliphatic carbocycles. The Labute approximate surface area is 125 Å². The van der Waals surface area contributed by atoms with E-state index >= 15 is 0 Å². The Kier molecular flexibility index (Phi) is 8.40. The minimum absolute atomic E-state index is 0.00465. The maximum atomic E-state index is 11.5. The molecule has 0 amide bonds. The first kappa shape index (κ1) is 18.9. The fraction of sp³-hybridized carbons (Fsp3) is 0.611. The van der Waals surface area contributed by atoms with Gasteiger partial charge in [-0.15, -0.1) is 0 Å². The molecule has 0 saturated heterocycles. The van der Waals surface area contributed by atoms with Crippen molar-refractivity contribution in [3.63, 3.8) is 0 Å². The summed E-state index contributed by atoms with van der Waals surface area (Å²) in [5.74, 6) is 0.203. The molecule has 0 aromatic heterocycles. The maximum absolute atomic E-state index is 11.5. The van der Waals surface area contributed by atoms with E-state index in [1.807, 2.05) is 7.05 Å². The number of ketones is 1. The summed E-state index contributed by atoms with van der Waals surface area (Å²) >= 11 is 0. The quantitative estimate of drug-likeness (QED) is 0.871. The molecule has 0 aliphatic rings. The second-order valence-corrected chi connectivity index (χ2v) is 6.06. The summed E-state index contributed by atoms with van der Waals surface area (Å²) < 4.78 is 0. The van der Waals surface area contributed by atoms with Crippen molar-refractivity contribution in [2.24, 2.45) is 0 Å². The van der Waals surface area contributed by atoms with Crippen molar-refractivity contribution in [1.82, 2.24) is 5.32 Å². The van der Waals surface area contributed by atoms with Crippen LogP contribution in [0.4, 0.5) is 0 Å². The average Bonchev–Trinajstić information content (AvgIpc) is 2.37. The van der Waals surface area contributed by atoms with Gasteiger partial charge in [0.1, 0.15) is 5.78 Å². The molecule has 1 rings (SSSR count). The molecule has 0 fully saturated rings. The van der Waals surface area contributed by atoms with Crippen molar-refractivity contribution < 1.29 is 4.79 Å². The third-order valence-corrected chi connectivity index (χ3v) is 3.43. The number of hydrogen-bond donors (Lipinski definition) is 1. The standard InChI is InChI=1S/C15H23NO.C3H8/c1-11-8-6-7-9-13(11)15(3,4)10-14(16-5)12(2)17;1-3-2/h6-9,14,16H,10H2,1-5H3;3H2,1-2H3. The summed E-state index contributed by atoms with van der Waals surface area (Å²) in [6.45, 7) is 12.4. The van der Waals surface area contributed by atoms with Crippen LogP contribution in [-0.4, -0.2) is 18.9 Å². The van der Waals surface area contributed by atoms with Crippen LogP contribution < -0.4 is 5.32 Å². The van der Waals surface area contributed by atoms with Crippen LogP contribution in [0.3, 0.4) is 0 Å². The molecule has 20 heavy (non-hydrogen) atoms. The molecular weight excluding hydrogens is 246 g/mol. The van der Waals surface area contributed by atoms with E-state index in [-0.39, 0.29) is 17.2 Å². The normalized spacial score (nSPS) is 12.3. The Bertz CT molecular complexity index is 410. The third-order valence-electron chi connectivity index (χ3n) is 3.43. The average molecular weight is 277 g/mol. The van der Waals surface area contributed by atoms with Crippen LogP contribution >= 0.6 is 0 Å². The number of likely N-dealkylation sites (N-methyl/N-ethyl adjacent to an activating group) is 1. The highest BCUT2D eigenvalue weighted by Crippen LogP contribution is 2.30. The SMILES string of the molecule is CCC.CNC(CC(C)(C)c1ccccc1C)C(C)=O. The molecule has 0 radical (unpaired) electrons. The zero-order valence-electron chi connectivity index (χ0n) is 14.2. The van der Waals surface area contributed by atoms with Gasteiger partial charge in [0.15, 0.2) is 0 Å². The van der Waals surface area contributed by atoms with Crippen LogP contribution in [0.25, 0.3) is 0 Å². The van der Waals surface area contributed by atoms with Gasteiger partial charge < -0.3 is 5.32 Å². The molecule has 0 heterocycles. The number of hydrogen-bond acceptors (Lipinski definition) is 2. The predicted octanol–water partition coefficient (Wildman–Crippen LogP) is 4.26. The largest absolute Gasteiger partial charge is 0.311 e. The first-order valence-corrected chi connectivity index (χ1v) is 7.53. The number of carbonyl (C=O) groups is 1. The van der Waals surface area contributed by atoms with E-state index in [9.17, 15) is 4.79 Å². The van der Waals surface area contributed by atoms with Crippen LogP contribution in [-0.2, 0) is 10.2 Å². The van der Waals surface area contributed by atoms with Crippen LogP contribution in [0.1, 0.15) is 58.6 Å². The number of nitrogens with one attached hydrogen (secondary N) is 1. The van der Waals surface area contributed by atoms with Crippen molar-refractivity contribution in [2.75, 3.05) is 7.05 Å². The minimum Gasteiger partial charge on any atom is -0.311 e. The van der Waals surface area contributed by atoms with E-state index in [1.165, 1.54) is 17.5 Å². The molecule has 2 heteroatoms. The van der Waals surface area contributed by atoms with E-state index < -0.39 is 0 Å². The number of benzene rings is 1. The topological polar surface area (TPSA) is 29.1 Å². The fourth-order valence-corrected chi connectivity index (χ4v) is 2.40. The highest BCUT2D eigenvalue weighted by atomic mass is 16.1. The number of carbonyl (C=O) groups excluding carboxylic acids is 1. The Morgan fingerprint density at radius 2 is 1.75 bits per heavy atom. The Balaban J connectivity index is 0.00000110. The summed E-state index contributed by atoms with van der Waals surface area (Å²) in [4.78, 5) is 11.5. The van der Waals surface area contributed by atoms with Crippen LogP contribution in [0, 0.1) is 6.92 Å². The van der Waals surface area contributed by atoms with Gasteiger partial charge in [0.05, 0.1) is 6.04 Å². The van der Waals surface area contributed by atoms with Gasteiger partial charge in [0.2, 0.25) is 0 Å². The number of Topliss-reactive ketones (excluding diaryl/α,β-unsaturated/α-hetero) is 1. The summed E-state index contributed by atoms with van der Waals surface area (Å²) in [6.07, 6.45) is 2.07. The van der Waals surface area contributed by atoms with E-state index in [1.54, 1.807) is 6.92 Å². The Morgan fingerprint density at radius 3 is 2.15 bits per heavy atom. The zero-order valence-corrected chi connectivity index (χ0v) is 14.2. The maximum Gasteiger partial charge on any atom is 0.146 e. The molecular formula is C18H31NO. The molecule has 1 aromatic carbocycles. The molecule has 1 atom stereocenters. The molecule has 114 valence electrons. The Hall–Kier alpha value is -1.15. The molecule has 0 aliphatic heterocycles. The summed E-state index contributed by atoms with van der Waals surface area (Å²) in [5.41, 5.74) is 2.61. The van der Waals surface area contributed by atoms with Crippen molar-refractivity contribution in [3.8, 4) is 0 Å².